The maximum atomic E-state index is 12.5. The van der Waals surface area contributed by atoms with E-state index in [4.69, 9.17) is 9.47 Å². The van der Waals surface area contributed by atoms with Crippen LogP contribution in [0.25, 0.3) is 0 Å². The Morgan fingerprint density at radius 3 is 2.09 bits per heavy atom. The first kappa shape index (κ1) is 12.5. The highest BCUT2D eigenvalue weighted by Gasteiger charge is 2.53. The molecule has 0 N–H and O–H groups in total. The van der Waals surface area contributed by atoms with Gasteiger partial charge in [-0.1, -0.05) is 54.6 Å². The molecule has 0 bridgehead atoms. The smallest absolute Gasteiger partial charge is 0.340 e. The highest BCUT2D eigenvalue weighted by Crippen LogP contribution is 2.55. The molecule has 3 heteroatoms. The largest absolute Gasteiger partial charge is 0.456 e. The lowest BCUT2D eigenvalue weighted by Crippen LogP contribution is -2.32. The van der Waals surface area contributed by atoms with Gasteiger partial charge in [-0.15, -0.1) is 0 Å². The molecular formula is C20H11O3. The molecule has 2 heterocycles. The molecule has 3 aromatic carbocycles. The molecule has 0 aromatic heterocycles. The fourth-order valence-corrected chi connectivity index (χ4v) is 3.50. The highest BCUT2D eigenvalue weighted by atomic mass is 16.6. The van der Waals surface area contributed by atoms with Crippen molar-refractivity contribution in [3.8, 4) is 11.5 Å². The zero-order valence-corrected chi connectivity index (χ0v) is 12.1. The van der Waals surface area contributed by atoms with Crippen LogP contribution in [0, 0.1) is 6.07 Å². The second-order valence-electron chi connectivity index (χ2n) is 5.62. The van der Waals surface area contributed by atoms with Gasteiger partial charge in [-0.3, -0.25) is 0 Å². The highest BCUT2D eigenvalue weighted by molar-refractivity contribution is 5.96. The lowest BCUT2D eigenvalue weighted by atomic mass is 9.78. The van der Waals surface area contributed by atoms with Crippen LogP contribution in [0.3, 0.4) is 0 Å². The molecule has 0 fully saturated rings. The zero-order chi connectivity index (χ0) is 15.4. The normalized spacial score (nSPS) is 16.1. The average molecular weight is 299 g/mol. The van der Waals surface area contributed by atoms with Crippen LogP contribution in [0.2, 0.25) is 0 Å². The van der Waals surface area contributed by atoms with Gasteiger partial charge in [0.25, 0.3) is 0 Å². The lowest BCUT2D eigenvalue weighted by Gasteiger charge is -2.36. The molecule has 5 rings (SSSR count). The maximum Gasteiger partial charge on any atom is 0.340 e. The number of ether oxygens (including phenoxy) is 2. The van der Waals surface area contributed by atoms with Crippen molar-refractivity contribution in [2.24, 2.45) is 0 Å². The third-order valence-electron chi connectivity index (χ3n) is 4.44. The molecule has 1 spiro atoms. The summed E-state index contributed by atoms with van der Waals surface area (Å²) >= 11 is 0. The van der Waals surface area contributed by atoms with E-state index < -0.39 is 5.60 Å². The van der Waals surface area contributed by atoms with Crippen molar-refractivity contribution in [3.63, 3.8) is 0 Å². The Bertz CT molecular complexity index is 913. The Hall–Kier alpha value is -3.07. The van der Waals surface area contributed by atoms with E-state index in [1.807, 2.05) is 60.7 Å². The predicted octanol–water partition coefficient (Wildman–Crippen LogP) is 4.05. The third-order valence-corrected chi connectivity index (χ3v) is 4.44. The summed E-state index contributed by atoms with van der Waals surface area (Å²) in [7, 11) is 0. The molecule has 2 aliphatic rings. The molecule has 0 unspecified atom stereocenters. The molecule has 3 aromatic rings. The number of carbonyl (C=O) groups excluding carboxylic acids is 1. The summed E-state index contributed by atoms with van der Waals surface area (Å²) in [4.78, 5) is 12.5. The minimum absolute atomic E-state index is 0.355. The van der Waals surface area contributed by atoms with Gasteiger partial charge in [0.05, 0.1) is 5.56 Å². The Morgan fingerprint density at radius 2 is 1.39 bits per heavy atom. The van der Waals surface area contributed by atoms with E-state index in [0.717, 1.165) is 16.7 Å². The van der Waals surface area contributed by atoms with Crippen molar-refractivity contribution >= 4 is 5.97 Å². The molecule has 3 nitrogen and oxygen atoms in total. The van der Waals surface area contributed by atoms with Crippen molar-refractivity contribution in [3.05, 3.63) is 95.1 Å². The third kappa shape index (κ3) is 1.46. The van der Waals surface area contributed by atoms with Gasteiger partial charge in [0, 0.05) is 16.7 Å². The number of esters is 1. The second-order valence-corrected chi connectivity index (χ2v) is 5.62. The van der Waals surface area contributed by atoms with Crippen LogP contribution in [-0.4, -0.2) is 5.97 Å². The number of rotatable bonds is 0. The number of para-hydroxylation sites is 2. The summed E-state index contributed by atoms with van der Waals surface area (Å²) in [5.74, 6) is 1.05. The molecule has 0 aliphatic carbocycles. The molecule has 0 saturated carbocycles. The van der Waals surface area contributed by atoms with Crippen LogP contribution in [-0.2, 0) is 10.3 Å². The van der Waals surface area contributed by atoms with Crippen molar-refractivity contribution < 1.29 is 14.3 Å². The molecular weight excluding hydrogens is 288 g/mol. The van der Waals surface area contributed by atoms with Crippen LogP contribution in [0.4, 0.5) is 0 Å². The van der Waals surface area contributed by atoms with Crippen molar-refractivity contribution in [2.45, 2.75) is 5.60 Å². The van der Waals surface area contributed by atoms with E-state index in [9.17, 15) is 4.79 Å². The summed E-state index contributed by atoms with van der Waals surface area (Å²) in [6.45, 7) is 0. The molecule has 1 radical (unpaired) electrons. The summed E-state index contributed by atoms with van der Waals surface area (Å²) in [6.07, 6.45) is 0. The molecule has 0 amide bonds. The predicted molar refractivity (Wildman–Crippen MR) is 83.5 cm³/mol. The monoisotopic (exact) mass is 299 g/mol. The lowest BCUT2D eigenvalue weighted by molar-refractivity contribution is 0.0224. The quantitative estimate of drug-likeness (QED) is 0.587. The number of hydrogen-bond acceptors (Lipinski definition) is 3. The van der Waals surface area contributed by atoms with E-state index in [2.05, 4.69) is 6.07 Å². The van der Waals surface area contributed by atoms with Crippen LogP contribution >= 0.6 is 0 Å². The topological polar surface area (TPSA) is 35.5 Å². The fraction of sp³-hybridized carbons (Fsp3) is 0.0500. The van der Waals surface area contributed by atoms with E-state index >= 15 is 0 Å². The minimum atomic E-state index is -0.963. The van der Waals surface area contributed by atoms with Gasteiger partial charge in [-0.2, -0.15) is 0 Å². The van der Waals surface area contributed by atoms with Crippen molar-refractivity contribution in [2.75, 3.05) is 0 Å². The first-order chi connectivity index (χ1) is 11.3. The standard InChI is InChI=1S/C20H11O3/c21-19-13-7-1-2-8-14(13)20(23-19)15-9-3-5-11-17(15)22-18-12-6-4-10-16(18)20/h1-6,8-12H. The number of benzene rings is 3. The van der Waals surface area contributed by atoms with Gasteiger partial charge >= 0.3 is 5.97 Å². The first-order valence-corrected chi connectivity index (χ1v) is 7.42. The van der Waals surface area contributed by atoms with E-state index in [0.29, 0.717) is 17.1 Å². The van der Waals surface area contributed by atoms with Gasteiger partial charge in [0.1, 0.15) is 11.5 Å². The van der Waals surface area contributed by atoms with Gasteiger partial charge in [0.2, 0.25) is 0 Å². The Kier molecular flexibility index (Phi) is 2.29. The van der Waals surface area contributed by atoms with Crippen LogP contribution in [0.15, 0.2) is 66.7 Å². The van der Waals surface area contributed by atoms with Crippen molar-refractivity contribution in [1.82, 2.24) is 0 Å². The average Bonchev–Trinajstić information content (AvgIpc) is 2.90. The second kappa shape index (κ2) is 4.23. The fourth-order valence-electron chi connectivity index (χ4n) is 3.50. The zero-order valence-electron chi connectivity index (χ0n) is 12.1. The molecule has 0 atom stereocenters. The number of carbonyl (C=O) groups is 1. The van der Waals surface area contributed by atoms with E-state index in [-0.39, 0.29) is 5.97 Å². The number of fused-ring (bicyclic) bond motifs is 6. The van der Waals surface area contributed by atoms with Gasteiger partial charge < -0.3 is 9.47 Å². The van der Waals surface area contributed by atoms with Crippen LogP contribution in [0.1, 0.15) is 27.0 Å². The summed E-state index contributed by atoms with van der Waals surface area (Å²) in [5.41, 5.74) is 2.01. The SMILES string of the molecule is O=C1OC2(c3ccc[c]c31)c1ccccc1Oc1ccccc12. The number of hydrogen-bond donors (Lipinski definition) is 0. The first-order valence-electron chi connectivity index (χ1n) is 7.42. The van der Waals surface area contributed by atoms with Gasteiger partial charge in [-0.05, 0) is 18.2 Å². The van der Waals surface area contributed by atoms with E-state index in [1.54, 1.807) is 6.07 Å². The Morgan fingerprint density at radius 1 is 0.783 bits per heavy atom. The molecule has 109 valence electrons. The van der Waals surface area contributed by atoms with Gasteiger partial charge in [0.15, 0.2) is 5.60 Å². The molecule has 0 saturated heterocycles. The maximum absolute atomic E-state index is 12.5. The Balaban J connectivity index is 1.93. The summed E-state index contributed by atoms with van der Waals surface area (Å²) in [5, 5.41) is 0. The summed E-state index contributed by atoms with van der Waals surface area (Å²) < 4.78 is 12.0. The minimum Gasteiger partial charge on any atom is -0.456 e. The Labute approximate surface area is 133 Å². The van der Waals surface area contributed by atoms with Crippen molar-refractivity contribution in [1.29, 1.82) is 0 Å². The van der Waals surface area contributed by atoms with Crippen LogP contribution < -0.4 is 4.74 Å². The molecule has 2 aliphatic heterocycles. The van der Waals surface area contributed by atoms with Crippen LogP contribution in [0.5, 0.6) is 11.5 Å². The molecule has 23 heavy (non-hydrogen) atoms. The van der Waals surface area contributed by atoms with Gasteiger partial charge in [-0.25, -0.2) is 4.79 Å². The van der Waals surface area contributed by atoms with E-state index in [1.165, 1.54) is 0 Å². The summed E-state index contributed by atoms with van der Waals surface area (Å²) in [6, 6.07) is 23.9.